The van der Waals surface area contributed by atoms with Gasteiger partial charge in [0.15, 0.2) is 0 Å². The summed E-state index contributed by atoms with van der Waals surface area (Å²) in [5.41, 5.74) is 30.1. The molecule has 1 aromatic heterocycles. The van der Waals surface area contributed by atoms with Crippen LogP contribution in [0.4, 0.5) is 108 Å². The first-order chi connectivity index (χ1) is 35.0. The summed E-state index contributed by atoms with van der Waals surface area (Å²) in [7, 11) is 4.42. The van der Waals surface area contributed by atoms with Crippen LogP contribution in [0.5, 0.6) is 0 Å². The number of benzene rings is 9. The Labute approximate surface area is 412 Å². The molecule has 7 aliphatic heterocycles. The second-order valence-corrected chi connectivity index (χ2v) is 19.9. The first kappa shape index (κ1) is 37.9. The highest BCUT2D eigenvalue weighted by molar-refractivity contribution is 7.03. The molecule has 10 aromatic rings. The van der Waals surface area contributed by atoms with Gasteiger partial charge < -0.3 is 38.7 Å². The number of para-hydroxylation sites is 10. The minimum Gasteiger partial charge on any atom is -0.480 e. The van der Waals surface area contributed by atoms with Gasteiger partial charge in [-0.2, -0.15) is 0 Å². The van der Waals surface area contributed by atoms with Gasteiger partial charge >= 0.3 is 0 Å². The Hall–Kier alpha value is -9.01. The molecule has 0 saturated carbocycles. The quantitative estimate of drug-likeness (QED) is 0.162. The molecule has 17 rings (SSSR count). The Balaban J connectivity index is 1.01. The number of hydrogen-bond donors (Lipinski definition) is 0. The molecule has 0 saturated heterocycles. The van der Waals surface area contributed by atoms with E-state index in [1.54, 1.807) is 0 Å². The van der Waals surface area contributed by atoms with Crippen molar-refractivity contribution in [3.63, 3.8) is 0 Å². The van der Waals surface area contributed by atoms with Crippen LogP contribution < -0.4 is 67.5 Å². The molecule has 0 amide bonds. The monoisotopic (exact) mass is 909 g/mol. The van der Waals surface area contributed by atoms with Crippen molar-refractivity contribution in [2.24, 2.45) is 0 Å². The van der Waals surface area contributed by atoms with Crippen LogP contribution >= 0.6 is 0 Å². The first-order valence-electron chi connectivity index (χ1n) is 24.6. The summed E-state index contributed by atoms with van der Waals surface area (Å²) in [5.74, 6) is 0. The SMILES string of the molecule is Cc1cc2c3c(c1)N1c4ccccc4N4c5cc(N(c6ccccc6)c6ccccc6)cc6c5B(c5cccc7c5N6c5ccccc5N7C)c5oc(c1c54)B3c1cccc3c1N2c1ccccc1N3C. The van der Waals surface area contributed by atoms with Gasteiger partial charge in [-0.05, 0) is 131 Å². The van der Waals surface area contributed by atoms with Gasteiger partial charge in [0.1, 0.15) is 11.4 Å². The fourth-order valence-electron chi connectivity index (χ4n) is 13.6. The van der Waals surface area contributed by atoms with Crippen molar-refractivity contribution in [2.75, 3.05) is 48.4 Å². The molecule has 71 heavy (non-hydrogen) atoms. The van der Waals surface area contributed by atoms with Crippen molar-refractivity contribution < 1.29 is 4.42 Å². The Morgan fingerprint density at radius 2 is 0.690 bits per heavy atom. The third-order valence-electron chi connectivity index (χ3n) is 16.3. The molecule has 0 N–H and O–H groups in total. The van der Waals surface area contributed by atoms with E-state index >= 15 is 0 Å². The van der Waals surface area contributed by atoms with Crippen LogP contribution in [0, 0.1) is 6.92 Å². The maximum absolute atomic E-state index is 7.99. The zero-order valence-electron chi connectivity index (χ0n) is 39.2. The number of fused-ring (bicyclic) bond motifs is 15. The molecule has 9 aromatic carbocycles. The predicted molar refractivity (Wildman–Crippen MR) is 296 cm³/mol. The smallest absolute Gasteiger partial charge is 0.297 e. The van der Waals surface area contributed by atoms with Crippen molar-refractivity contribution >= 4 is 155 Å². The van der Waals surface area contributed by atoms with E-state index in [2.05, 4.69) is 249 Å². The molecule has 0 aliphatic carbocycles. The summed E-state index contributed by atoms with van der Waals surface area (Å²) in [6.07, 6.45) is 0. The van der Waals surface area contributed by atoms with E-state index in [-0.39, 0.29) is 13.4 Å². The van der Waals surface area contributed by atoms with E-state index in [1.165, 1.54) is 72.9 Å². The molecular formula is C61H41B2N7O. The molecule has 0 fully saturated rings. The number of nitrogens with zero attached hydrogens (tertiary/aromatic N) is 7. The Kier molecular flexibility index (Phi) is 7.04. The van der Waals surface area contributed by atoms with E-state index in [9.17, 15) is 0 Å². The highest BCUT2D eigenvalue weighted by Crippen LogP contribution is 2.61. The van der Waals surface area contributed by atoms with Crippen molar-refractivity contribution in [1.29, 1.82) is 0 Å². The number of rotatable bonds is 3. The van der Waals surface area contributed by atoms with Gasteiger partial charge in [-0.1, -0.05) is 97.1 Å². The molecule has 7 aliphatic rings. The minimum atomic E-state index is -0.211. The van der Waals surface area contributed by atoms with Crippen LogP contribution in [0.15, 0.2) is 199 Å². The maximum atomic E-state index is 7.99. The topological polar surface area (TPSA) is 35.8 Å². The van der Waals surface area contributed by atoms with E-state index in [0.29, 0.717) is 0 Å². The summed E-state index contributed by atoms with van der Waals surface area (Å²) in [6.45, 7) is 1.88. The largest absolute Gasteiger partial charge is 0.480 e. The van der Waals surface area contributed by atoms with E-state index in [4.69, 9.17) is 4.42 Å². The van der Waals surface area contributed by atoms with Crippen molar-refractivity contribution in [3.8, 4) is 0 Å². The van der Waals surface area contributed by atoms with Gasteiger partial charge in [-0.15, -0.1) is 0 Å². The molecule has 332 valence electrons. The lowest BCUT2D eigenvalue weighted by Crippen LogP contribution is -2.62. The van der Waals surface area contributed by atoms with Gasteiger partial charge in [-0.3, -0.25) is 0 Å². The summed E-state index contributed by atoms with van der Waals surface area (Å²) in [4.78, 5) is 17.4. The van der Waals surface area contributed by atoms with E-state index in [0.717, 1.165) is 73.9 Å². The van der Waals surface area contributed by atoms with E-state index < -0.39 is 0 Å². The van der Waals surface area contributed by atoms with Crippen LogP contribution in [0.1, 0.15) is 5.56 Å². The van der Waals surface area contributed by atoms with Gasteiger partial charge in [-0.25, -0.2) is 0 Å². The van der Waals surface area contributed by atoms with Crippen molar-refractivity contribution in [2.45, 2.75) is 6.92 Å². The summed E-state index contributed by atoms with van der Waals surface area (Å²) in [6, 6.07) is 71.8. The predicted octanol–water partition coefficient (Wildman–Crippen LogP) is 11.7. The summed E-state index contributed by atoms with van der Waals surface area (Å²) in [5, 5.41) is 0. The molecule has 10 heteroatoms. The Morgan fingerprint density at radius 3 is 1.13 bits per heavy atom. The van der Waals surface area contributed by atoms with Crippen LogP contribution in [-0.2, 0) is 0 Å². The molecule has 0 unspecified atom stereocenters. The fourth-order valence-corrected chi connectivity index (χ4v) is 13.6. The Bertz CT molecular complexity index is 3980. The van der Waals surface area contributed by atoms with E-state index in [1.807, 2.05) is 0 Å². The second kappa shape index (κ2) is 13.2. The number of anilines is 19. The lowest BCUT2D eigenvalue weighted by Gasteiger charge is -2.50. The molecule has 0 spiro atoms. The van der Waals surface area contributed by atoms with Gasteiger partial charge in [0.25, 0.3) is 13.4 Å². The van der Waals surface area contributed by atoms with Gasteiger partial charge in [0, 0.05) is 48.2 Å². The third kappa shape index (κ3) is 4.55. The molecule has 8 heterocycles. The van der Waals surface area contributed by atoms with Crippen molar-refractivity contribution in [1.82, 2.24) is 0 Å². The first-order valence-corrected chi connectivity index (χ1v) is 24.6. The van der Waals surface area contributed by atoms with Crippen LogP contribution in [0.3, 0.4) is 0 Å². The normalized spacial score (nSPS) is 14.7. The average Bonchev–Trinajstić information content (AvgIpc) is 3.81. The third-order valence-corrected chi connectivity index (χ3v) is 16.3. The maximum Gasteiger partial charge on any atom is 0.297 e. The highest BCUT2D eigenvalue weighted by atomic mass is 16.3. The van der Waals surface area contributed by atoms with Crippen LogP contribution in [0.25, 0.3) is 0 Å². The molecule has 0 atom stereocenters. The number of aryl methyl sites for hydroxylation is 1. The summed E-state index contributed by atoms with van der Waals surface area (Å²) >= 11 is 0. The Morgan fingerprint density at radius 1 is 0.338 bits per heavy atom. The van der Waals surface area contributed by atoms with Crippen LogP contribution in [0.2, 0.25) is 0 Å². The standard InChI is InChI=1S/C61H41B2N7O/c1-36-32-50-54-51(33-36)69-46-28-14-15-29-47(46)70-53-35-39(66(37-18-6-4-7-19-37)38-20-8-5-9-21-38)34-52-55(53)63(41-23-17-31-49-57(41)68(52)45-27-13-11-25-43(45)65(49)3)61-59(70)58(69)60(71-61)62(54)40-22-16-30-48-56(40)67(50)44-26-12-10-24-42(44)64(48)2/h4-35H,1-3H3. The average molecular weight is 910 g/mol. The molecule has 0 radical (unpaired) electrons. The zero-order valence-corrected chi connectivity index (χ0v) is 39.2. The molecule has 0 bridgehead atoms. The summed E-state index contributed by atoms with van der Waals surface area (Å²) < 4.78 is 7.99. The number of hydrogen-bond acceptors (Lipinski definition) is 8. The lowest BCUT2D eigenvalue weighted by atomic mass is 9.35. The van der Waals surface area contributed by atoms with Crippen molar-refractivity contribution in [3.05, 3.63) is 200 Å². The second-order valence-electron chi connectivity index (χ2n) is 19.9. The van der Waals surface area contributed by atoms with Gasteiger partial charge in [0.05, 0.1) is 73.9 Å². The highest BCUT2D eigenvalue weighted by Gasteiger charge is 2.57. The lowest BCUT2D eigenvalue weighted by molar-refractivity contribution is 0.634. The fraction of sp³-hybridized carbons (Fsp3) is 0.0492. The number of furan rings is 1. The van der Waals surface area contributed by atoms with Gasteiger partial charge in [0.2, 0.25) is 0 Å². The minimum absolute atomic E-state index is 0.165. The zero-order chi connectivity index (χ0) is 46.5. The molecular weight excluding hydrogens is 868 g/mol. The molecule has 8 nitrogen and oxygen atoms in total. The van der Waals surface area contributed by atoms with Crippen LogP contribution in [-0.4, -0.2) is 27.5 Å².